The van der Waals surface area contributed by atoms with Crippen LogP contribution in [0, 0.1) is 5.92 Å². The van der Waals surface area contributed by atoms with Gasteiger partial charge in [0.2, 0.25) is 0 Å². The molecule has 0 radical (unpaired) electrons. The van der Waals surface area contributed by atoms with Crippen molar-refractivity contribution in [2.45, 2.75) is 26.5 Å². The first kappa shape index (κ1) is 11.2. The fourth-order valence-corrected chi connectivity index (χ4v) is 1.23. The van der Waals surface area contributed by atoms with Crippen LogP contribution >= 0.6 is 0 Å². The predicted octanol–water partition coefficient (Wildman–Crippen LogP) is 0.490. The third kappa shape index (κ3) is 4.39. The Morgan fingerprint density at radius 2 is 2.21 bits per heavy atom. The lowest BCUT2D eigenvalue weighted by molar-refractivity contribution is 0.146. The Balaban J connectivity index is 2.13. The number of hydrogen-bond acceptors (Lipinski definition) is 3. The molecule has 1 rings (SSSR count). The molecule has 0 aromatic carbocycles. The molecule has 0 aliphatic carbocycles. The molecule has 2 N–H and O–H groups in total. The van der Waals surface area contributed by atoms with Gasteiger partial charge in [0.05, 0.1) is 12.6 Å². The van der Waals surface area contributed by atoms with Gasteiger partial charge in [0.1, 0.15) is 0 Å². The first-order valence-electron chi connectivity index (χ1n) is 5.04. The van der Waals surface area contributed by atoms with E-state index in [2.05, 4.69) is 24.3 Å². The second-order valence-corrected chi connectivity index (χ2v) is 3.93. The predicted molar refractivity (Wildman–Crippen MR) is 55.9 cm³/mol. The van der Waals surface area contributed by atoms with Crippen LogP contribution in [0.1, 0.15) is 13.8 Å². The fourth-order valence-electron chi connectivity index (χ4n) is 1.23. The van der Waals surface area contributed by atoms with Gasteiger partial charge in [-0.3, -0.25) is 4.68 Å². The van der Waals surface area contributed by atoms with E-state index in [9.17, 15) is 5.11 Å². The zero-order valence-electron chi connectivity index (χ0n) is 8.85. The first-order valence-corrected chi connectivity index (χ1v) is 5.04. The number of hydrogen-bond donors (Lipinski definition) is 2. The van der Waals surface area contributed by atoms with Crippen LogP contribution in [0.5, 0.6) is 0 Å². The maximum atomic E-state index is 9.61. The second-order valence-electron chi connectivity index (χ2n) is 3.93. The fraction of sp³-hybridized carbons (Fsp3) is 0.700. The molecule has 4 heteroatoms. The highest BCUT2D eigenvalue weighted by molar-refractivity contribution is 4.78. The van der Waals surface area contributed by atoms with Crippen LogP contribution in [0.15, 0.2) is 18.5 Å². The Hall–Kier alpha value is -0.870. The molecule has 0 bridgehead atoms. The van der Waals surface area contributed by atoms with E-state index >= 15 is 0 Å². The van der Waals surface area contributed by atoms with Crippen molar-refractivity contribution >= 4 is 0 Å². The van der Waals surface area contributed by atoms with Gasteiger partial charge in [-0.1, -0.05) is 13.8 Å². The summed E-state index contributed by atoms with van der Waals surface area (Å²) in [6.07, 6.45) is 3.20. The largest absolute Gasteiger partial charge is 0.390 e. The highest BCUT2D eigenvalue weighted by atomic mass is 16.3. The number of nitrogens with one attached hydrogen (secondary N) is 1. The van der Waals surface area contributed by atoms with Crippen molar-refractivity contribution in [3.63, 3.8) is 0 Å². The summed E-state index contributed by atoms with van der Waals surface area (Å²) in [5, 5.41) is 16.8. The summed E-state index contributed by atoms with van der Waals surface area (Å²) in [7, 11) is 0. The van der Waals surface area contributed by atoms with Gasteiger partial charge in [-0.05, 0) is 18.5 Å². The zero-order chi connectivity index (χ0) is 10.4. The molecule has 1 atom stereocenters. The minimum atomic E-state index is -0.367. The Morgan fingerprint density at radius 1 is 1.43 bits per heavy atom. The average Bonchev–Trinajstić information content (AvgIpc) is 2.56. The quantitative estimate of drug-likeness (QED) is 0.698. The molecule has 1 heterocycles. The summed E-state index contributed by atoms with van der Waals surface area (Å²) in [6, 6.07) is 1.86. The van der Waals surface area contributed by atoms with E-state index in [-0.39, 0.29) is 6.10 Å². The Bertz CT molecular complexity index is 234. The SMILES string of the molecule is CC(C)CNCC(O)Cn1cccn1. The number of nitrogens with zero attached hydrogens (tertiary/aromatic N) is 2. The molecule has 0 saturated carbocycles. The Kier molecular flexibility index (Phi) is 4.62. The summed E-state index contributed by atoms with van der Waals surface area (Å²) < 4.78 is 1.74. The van der Waals surface area contributed by atoms with E-state index in [0.29, 0.717) is 19.0 Å². The molecule has 1 unspecified atom stereocenters. The van der Waals surface area contributed by atoms with Crippen LogP contribution in [0.3, 0.4) is 0 Å². The molecule has 0 aliphatic heterocycles. The van der Waals surface area contributed by atoms with Crippen LogP contribution in [0.2, 0.25) is 0 Å². The van der Waals surface area contributed by atoms with Crippen LogP contribution in [-0.2, 0) is 6.54 Å². The van der Waals surface area contributed by atoms with Gasteiger partial charge < -0.3 is 10.4 Å². The van der Waals surface area contributed by atoms with Crippen molar-refractivity contribution in [3.8, 4) is 0 Å². The number of aromatic nitrogens is 2. The normalized spacial score (nSPS) is 13.4. The van der Waals surface area contributed by atoms with Crippen molar-refractivity contribution in [1.29, 1.82) is 0 Å². The van der Waals surface area contributed by atoms with Gasteiger partial charge in [-0.2, -0.15) is 5.10 Å². The third-order valence-corrected chi connectivity index (χ3v) is 1.89. The van der Waals surface area contributed by atoms with Crippen molar-refractivity contribution in [1.82, 2.24) is 15.1 Å². The summed E-state index contributed by atoms with van der Waals surface area (Å²) in [5.41, 5.74) is 0. The molecular weight excluding hydrogens is 178 g/mol. The van der Waals surface area contributed by atoms with E-state index in [1.807, 2.05) is 12.3 Å². The van der Waals surface area contributed by atoms with Crippen LogP contribution < -0.4 is 5.32 Å². The highest BCUT2D eigenvalue weighted by Gasteiger charge is 2.04. The maximum absolute atomic E-state index is 9.61. The lowest BCUT2D eigenvalue weighted by Crippen LogP contribution is -2.32. The van der Waals surface area contributed by atoms with E-state index in [0.717, 1.165) is 6.54 Å². The van der Waals surface area contributed by atoms with Gasteiger partial charge in [-0.25, -0.2) is 0 Å². The van der Waals surface area contributed by atoms with Gasteiger partial charge >= 0.3 is 0 Å². The minimum absolute atomic E-state index is 0.367. The van der Waals surface area contributed by atoms with Crippen molar-refractivity contribution in [2.24, 2.45) is 5.92 Å². The zero-order valence-corrected chi connectivity index (χ0v) is 8.85. The van der Waals surface area contributed by atoms with E-state index in [1.54, 1.807) is 10.9 Å². The number of aliphatic hydroxyl groups is 1. The lowest BCUT2D eigenvalue weighted by atomic mass is 10.2. The van der Waals surface area contributed by atoms with Crippen molar-refractivity contribution in [3.05, 3.63) is 18.5 Å². The monoisotopic (exact) mass is 197 g/mol. The van der Waals surface area contributed by atoms with E-state index in [4.69, 9.17) is 0 Å². The Morgan fingerprint density at radius 3 is 2.79 bits per heavy atom. The first-order chi connectivity index (χ1) is 6.68. The molecule has 80 valence electrons. The van der Waals surface area contributed by atoms with Gasteiger partial charge in [0, 0.05) is 18.9 Å². The molecule has 1 aromatic heterocycles. The molecule has 0 spiro atoms. The molecular formula is C10H19N3O. The van der Waals surface area contributed by atoms with Gasteiger partial charge in [0.25, 0.3) is 0 Å². The van der Waals surface area contributed by atoms with Crippen molar-refractivity contribution < 1.29 is 5.11 Å². The molecule has 0 saturated heterocycles. The number of aliphatic hydroxyl groups excluding tert-OH is 1. The van der Waals surface area contributed by atoms with Gasteiger partial charge in [-0.15, -0.1) is 0 Å². The summed E-state index contributed by atoms with van der Waals surface area (Å²) in [6.45, 7) is 6.41. The maximum Gasteiger partial charge on any atom is 0.0860 e. The molecule has 0 aliphatic rings. The second kappa shape index (κ2) is 5.78. The van der Waals surface area contributed by atoms with Crippen LogP contribution in [0.4, 0.5) is 0 Å². The number of rotatable bonds is 6. The molecule has 0 amide bonds. The standard InChI is InChI=1S/C10H19N3O/c1-9(2)6-11-7-10(14)8-13-5-3-4-12-13/h3-5,9-11,14H,6-8H2,1-2H3. The van der Waals surface area contributed by atoms with Crippen molar-refractivity contribution in [2.75, 3.05) is 13.1 Å². The minimum Gasteiger partial charge on any atom is -0.390 e. The highest BCUT2D eigenvalue weighted by Crippen LogP contribution is 1.91. The summed E-state index contributed by atoms with van der Waals surface area (Å²) >= 11 is 0. The topological polar surface area (TPSA) is 50.1 Å². The molecule has 14 heavy (non-hydrogen) atoms. The summed E-state index contributed by atoms with van der Waals surface area (Å²) in [5.74, 6) is 0.618. The molecule has 0 fully saturated rings. The van der Waals surface area contributed by atoms with E-state index < -0.39 is 0 Å². The Labute approximate surface area is 84.9 Å². The van der Waals surface area contributed by atoms with E-state index in [1.165, 1.54) is 0 Å². The van der Waals surface area contributed by atoms with Crippen LogP contribution in [0.25, 0.3) is 0 Å². The molecule has 1 aromatic rings. The van der Waals surface area contributed by atoms with Gasteiger partial charge in [0.15, 0.2) is 0 Å². The third-order valence-electron chi connectivity index (χ3n) is 1.89. The average molecular weight is 197 g/mol. The van der Waals surface area contributed by atoms with Crippen LogP contribution in [-0.4, -0.2) is 34.1 Å². The summed E-state index contributed by atoms with van der Waals surface area (Å²) in [4.78, 5) is 0. The smallest absolute Gasteiger partial charge is 0.0860 e. The molecule has 4 nitrogen and oxygen atoms in total. The lowest BCUT2D eigenvalue weighted by Gasteiger charge is -2.13.